The molecule has 0 atom stereocenters. The fraction of sp³-hybridized carbons (Fsp3) is 0.189. The maximum absolute atomic E-state index is 12.4. The van der Waals surface area contributed by atoms with E-state index in [4.69, 9.17) is 0 Å². The molecule has 9 rings (SSSR count). The summed E-state index contributed by atoms with van der Waals surface area (Å²) in [7, 11) is 0. The van der Waals surface area contributed by atoms with Crippen LogP contribution in [0.5, 0.6) is 0 Å². The predicted octanol–water partition coefficient (Wildman–Crippen LogP) is 9.16. The summed E-state index contributed by atoms with van der Waals surface area (Å²) in [5.74, 6) is -1.76. The summed E-state index contributed by atoms with van der Waals surface area (Å²) in [4.78, 5) is 24.8. The predicted molar refractivity (Wildman–Crippen MR) is 229 cm³/mol. The second-order valence-electron chi connectivity index (χ2n) is 14.9. The molecule has 0 bridgehead atoms. The van der Waals surface area contributed by atoms with Gasteiger partial charge in [0.15, 0.2) is 0 Å². The molecule has 3 aliphatic rings. The van der Waals surface area contributed by atoms with Gasteiger partial charge in [-0.2, -0.15) is 5.57 Å². The van der Waals surface area contributed by atoms with Gasteiger partial charge in [0.2, 0.25) is 0 Å². The first-order valence-corrected chi connectivity index (χ1v) is 20.0. The van der Waals surface area contributed by atoms with Crippen LogP contribution in [0.1, 0.15) is 84.7 Å². The molecule has 0 saturated heterocycles. The Morgan fingerprint density at radius 3 is 1.02 bits per heavy atom. The number of hydrogen-bond acceptors (Lipinski definition) is 2. The maximum Gasteiger partial charge on any atom is 0.323 e. The van der Waals surface area contributed by atoms with Crippen molar-refractivity contribution in [3.05, 3.63) is 244 Å². The number of carbonyl (C=O) groups is 2. The van der Waals surface area contributed by atoms with Gasteiger partial charge in [-0.05, 0) is 59.1 Å². The van der Waals surface area contributed by atoms with Gasteiger partial charge >= 0.3 is 11.9 Å². The third-order valence-corrected chi connectivity index (χ3v) is 11.6. The summed E-state index contributed by atoms with van der Waals surface area (Å²) in [5.41, 5.74) is 9.15. The van der Waals surface area contributed by atoms with Crippen molar-refractivity contribution in [3.8, 4) is 0 Å². The maximum atomic E-state index is 12.4. The van der Waals surface area contributed by atoms with Crippen LogP contribution < -0.4 is 12.4 Å². The van der Waals surface area contributed by atoms with E-state index in [1.165, 1.54) is 51.4 Å². The van der Waals surface area contributed by atoms with Gasteiger partial charge in [-0.3, -0.25) is 9.59 Å². The van der Waals surface area contributed by atoms with Crippen molar-refractivity contribution in [1.29, 1.82) is 0 Å². The minimum absolute atomic E-state index is 0. The zero-order valence-corrected chi connectivity index (χ0v) is 35.5. The van der Waals surface area contributed by atoms with Crippen LogP contribution in [0.2, 0.25) is 0 Å². The normalized spacial score (nSPS) is 14.2. The Morgan fingerprint density at radius 1 is 0.424 bits per heavy atom. The molecule has 6 heteroatoms. The molecule has 0 spiro atoms. The first kappa shape index (κ1) is 44.7. The first-order chi connectivity index (χ1) is 28.0. The molecule has 0 radical (unpaired) electrons. The van der Waals surface area contributed by atoms with Gasteiger partial charge in [0.1, 0.15) is 10.8 Å². The van der Waals surface area contributed by atoms with Crippen molar-refractivity contribution in [1.82, 2.24) is 0 Å². The summed E-state index contributed by atoms with van der Waals surface area (Å²) in [6.45, 7) is 0. The standard InChI is InChI=1S/2C20H16O2.C13H17.ClH.Ti/c2*21-19(22)20(16-10-4-1-5-11-16,17-12-6-2-7-13-17)18-14-8-3-9-15-18;1-3-7-12-10(5-1)9-11-6-2-4-8-13(11)12;;/h2*1-15H,(H,21,22);5H,1-4,6-9H2;1H;/q;;-1;;/p-1. The van der Waals surface area contributed by atoms with Gasteiger partial charge in [-0.1, -0.05) is 207 Å². The fourth-order valence-electron chi connectivity index (χ4n) is 8.99. The summed E-state index contributed by atoms with van der Waals surface area (Å²) in [6, 6.07) is 56.3. The van der Waals surface area contributed by atoms with Crippen molar-refractivity contribution < 1.29 is 53.9 Å². The zero-order chi connectivity index (χ0) is 39.5. The van der Waals surface area contributed by atoms with Crippen LogP contribution in [0.25, 0.3) is 0 Å². The summed E-state index contributed by atoms with van der Waals surface area (Å²) < 4.78 is 0. The molecule has 0 amide bonds. The molecule has 0 saturated carbocycles. The number of fused-ring (bicyclic) bond motifs is 1. The number of benzene rings is 6. The molecule has 298 valence electrons. The van der Waals surface area contributed by atoms with Gasteiger partial charge in [0, 0.05) is 21.7 Å². The molecular formula is C53H49ClO4Ti-2. The van der Waals surface area contributed by atoms with Crippen molar-refractivity contribution in [2.24, 2.45) is 0 Å². The molecule has 3 aliphatic carbocycles. The summed E-state index contributed by atoms with van der Waals surface area (Å²) in [5, 5.41) is 20.4. The number of hydrogen-bond donors (Lipinski definition) is 2. The average molecular weight is 833 g/mol. The quantitative estimate of drug-likeness (QED) is 0.0912. The summed E-state index contributed by atoms with van der Waals surface area (Å²) >= 11 is 0. The van der Waals surface area contributed by atoms with Gasteiger partial charge < -0.3 is 22.6 Å². The van der Waals surface area contributed by atoms with E-state index >= 15 is 0 Å². The van der Waals surface area contributed by atoms with Gasteiger partial charge in [-0.25, -0.2) is 12.0 Å². The number of allylic oxidation sites excluding steroid dienone is 4. The second-order valence-corrected chi connectivity index (χ2v) is 14.9. The largest absolute Gasteiger partial charge is 1.00 e. The molecule has 0 fully saturated rings. The molecule has 0 heterocycles. The summed E-state index contributed by atoms with van der Waals surface area (Å²) in [6.07, 6.45) is 13.6. The third-order valence-electron chi connectivity index (χ3n) is 11.6. The number of carboxylic acids is 2. The van der Waals surface area contributed by atoms with E-state index in [1.807, 2.05) is 182 Å². The Morgan fingerprint density at radius 2 is 0.712 bits per heavy atom. The van der Waals surface area contributed by atoms with Crippen LogP contribution in [0.15, 0.2) is 204 Å². The molecular weight excluding hydrogens is 784 g/mol. The monoisotopic (exact) mass is 832 g/mol. The smallest absolute Gasteiger partial charge is 0.323 e. The van der Waals surface area contributed by atoms with Crippen molar-refractivity contribution >= 4 is 11.9 Å². The van der Waals surface area contributed by atoms with E-state index in [0.717, 1.165) is 33.4 Å². The Hall–Kier alpha value is -5.39. The minimum atomic E-state index is -1.20. The number of aliphatic carboxylic acids is 2. The molecule has 2 N–H and O–H groups in total. The zero-order valence-electron chi connectivity index (χ0n) is 33.1. The van der Waals surface area contributed by atoms with Crippen LogP contribution in [-0.2, 0) is 42.1 Å². The van der Waals surface area contributed by atoms with Crippen LogP contribution >= 0.6 is 0 Å². The molecule has 59 heavy (non-hydrogen) atoms. The van der Waals surface area contributed by atoms with Crippen LogP contribution in [0, 0.1) is 6.42 Å². The third kappa shape index (κ3) is 9.27. The van der Waals surface area contributed by atoms with Crippen LogP contribution in [-0.4, -0.2) is 22.2 Å². The van der Waals surface area contributed by atoms with Gasteiger partial charge in [0.25, 0.3) is 0 Å². The molecule has 0 unspecified atom stereocenters. The van der Waals surface area contributed by atoms with Crippen LogP contribution in [0.4, 0.5) is 0 Å². The van der Waals surface area contributed by atoms with Crippen molar-refractivity contribution in [3.63, 3.8) is 0 Å². The Balaban J connectivity index is 0.000000170. The number of carboxylic acid groups (broad SMARTS) is 2. The van der Waals surface area contributed by atoms with Gasteiger partial charge in [-0.15, -0.1) is 12.0 Å². The van der Waals surface area contributed by atoms with Crippen LogP contribution in [0.3, 0.4) is 0 Å². The molecule has 6 aromatic carbocycles. The van der Waals surface area contributed by atoms with Gasteiger partial charge in [0.05, 0.1) is 0 Å². The van der Waals surface area contributed by atoms with E-state index < -0.39 is 22.8 Å². The minimum Gasteiger partial charge on any atom is -1.00 e. The molecule has 0 aliphatic heterocycles. The fourth-order valence-corrected chi connectivity index (χ4v) is 8.99. The molecule has 6 aromatic rings. The average Bonchev–Trinajstić information content (AvgIpc) is 3.66. The SMILES string of the molecule is O=C(O)C(c1ccccc1)(c1ccccc1)c1ccccc1.O=C(O)C(c1ccccc1)(c1ccccc1)c1ccccc1.[CH-]1CCCC2=C1CC1=C2CCCC1.[Cl-].[Ti]. The number of rotatable bonds is 8. The number of halogens is 1. The van der Waals surface area contributed by atoms with Crippen molar-refractivity contribution in [2.45, 2.75) is 62.2 Å². The molecule has 0 aromatic heterocycles. The van der Waals surface area contributed by atoms with Crippen molar-refractivity contribution in [2.75, 3.05) is 0 Å². The second kappa shape index (κ2) is 21.0. The van der Waals surface area contributed by atoms with E-state index in [9.17, 15) is 19.8 Å². The molecule has 4 nitrogen and oxygen atoms in total. The Labute approximate surface area is 370 Å². The topological polar surface area (TPSA) is 74.6 Å². The van der Waals surface area contributed by atoms with E-state index in [1.54, 1.807) is 22.3 Å². The Kier molecular flexibility index (Phi) is 15.9. The first-order valence-electron chi connectivity index (χ1n) is 20.0. The van der Waals surface area contributed by atoms with E-state index in [-0.39, 0.29) is 34.1 Å². The van der Waals surface area contributed by atoms with E-state index in [2.05, 4.69) is 6.42 Å². The Bertz CT molecular complexity index is 1950. The van der Waals surface area contributed by atoms with E-state index in [0.29, 0.717) is 0 Å².